The summed E-state index contributed by atoms with van der Waals surface area (Å²) >= 11 is 0. The second-order valence-electron chi connectivity index (χ2n) is 5.53. The Kier molecular flexibility index (Phi) is 3.71. The molecule has 0 atom stereocenters. The van der Waals surface area contributed by atoms with Crippen molar-refractivity contribution in [3.8, 4) is 0 Å². The highest BCUT2D eigenvalue weighted by Crippen LogP contribution is 2.26. The molecule has 2 heterocycles. The van der Waals surface area contributed by atoms with Crippen molar-refractivity contribution in [3.63, 3.8) is 0 Å². The van der Waals surface area contributed by atoms with E-state index in [1.165, 1.54) is 4.90 Å². The number of ether oxygens (including phenoxy) is 1. The van der Waals surface area contributed by atoms with Crippen LogP contribution in [0, 0.1) is 0 Å². The van der Waals surface area contributed by atoms with E-state index in [0.29, 0.717) is 18.2 Å². The number of hydrogen-bond donors (Lipinski definition) is 1. The van der Waals surface area contributed by atoms with Gasteiger partial charge in [-0.3, -0.25) is 4.90 Å². The van der Waals surface area contributed by atoms with Crippen LogP contribution in [-0.4, -0.2) is 33.3 Å². The van der Waals surface area contributed by atoms with Crippen LogP contribution in [0.1, 0.15) is 38.6 Å². The number of aromatic nitrogens is 2. The smallest absolute Gasteiger partial charge is 0.416 e. The zero-order chi connectivity index (χ0) is 14.0. The van der Waals surface area contributed by atoms with Crippen LogP contribution >= 0.6 is 0 Å². The first-order valence-corrected chi connectivity index (χ1v) is 6.37. The Hall–Kier alpha value is -1.69. The molecule has 0 radical (unpaired) electrons. The molecule has 6 heteroatoms. The molecule has 1 aromatic heterocycles. The predicted molar refractivity (Wildman–Crippen MR) is 69.9 cm³/mol. The summed E-state index contributed by atoms with van der Waals surface area (Å²) < 4.78 is 5.37. The molecule has 2 rings (SSSR count). The Morgan fingerprint density at radius 1 is 1.53 bits per heavy atom. The van der Waals surface area contributed by atoms with Crippen molar-refractivity contribution in [2.75, 3.05) is 11.4 Å². The summed E-state index contributed by atoms with van der Waals surface area (Å²) in [4.78, 5) is 21.9. The van der Waals surface area contributed by atoms with Gasteiger partial charge in [0.25, 0.3) is 0 Å². The molecule has 1 N–H and O–H groups in total. The molecular weight excluding hydrogens is 246 g/mol. The molecule has 1 aliphatic heterocycles. The fourth-order valence-corrected chi connectivity index (χ4v) is 1.95. The van der Waals surface area contributed by atoms with E-state index in [4.69, 9.17) is 9.84 Å². The van der Waals surface area contributed by atoms with E-state index in [1.807, 2.05) is 20.8 Å². The summed E-state index contributed by atoms with van der Waals surface area (Å²) in [5, 5.41) is 9.09. The van der Waals surface area contributed by atoms with Gasteiger partial charge in [-0.05, 0) is 33.6 Å². The summed E-state index contributed by atoms with van der Waals surface area (Å²) in [7, 11) is 0. The average molecular weight is 265 g/mol. The normalized spacial score (nSPS) is 15.1. The van der Waals surface area contributed by atoms with Crippen molar-refractivity contribution >= 4 is 11.9 Å². The zero-order valence-corrected chi connectivity index (χ0v) is 11.5. The molecule has 0 saturated carbocycles. The minimum Gasteiger partial charge on any atom is -0.443 e. The number of carbonyl (C=O) groups excluding carboxylic acids is 1. The lowest BCUT2D eigenvalue weighted by atomic mass is 10.1. The number of fused-ring (bicyclic) bond motifs is 1. The van der Waals surface area contributed by atoms with E-state index in [1.54, 1.807) is 6.20 Å². The third-order valence-corrected chi connectivity index (χ3v) is 2.73. The van der Waals surface area contributed by atoms with Gasteiger partial charge in [-0.15, -0.1) is 0 Å². The van der Waals surface area contributed by atoms with Gasteiger partial charge < -0.3 is 9.84 Å². The lowest BCUT2D eigenvalue weighted by Crippen LogP contribution is -2.40. The van der Waals surface area contributed by atoms with Crippen LogP contribution in [0.15, 0.2) is 6.20 Å². The van der Waals surface area contributed by atoms with Crippen LogP contribution in [0.4, 0.5) is 10.6 Å². The van der Waals surface area contributed by atoms with E-state index in [-0.39, 0.29) is 6.61 Å². The Morgan fingerprint density at radius 3 is 2.89 bits per heavy atom. The molecule has 6 nitrogen and oxygen atoms in total. The Balaban J connectivity index is 2.28. The standard InChI is InChI=1S/C13H19N3O3/c1-13(2,3)19-12(18)16-6-4-5-9-7-14-10(8-17)15-11(9)16/h7,17H,4-6,8H2,1-3H3. The third-order valence-electron chi connectivity index (χ3n) is 2.73. The van der Waals surface area contributed by atoms with E-state index in [9.17, 15) is 4.79 Å². The van der Waals surface area contributed by atoms with Gasteiger partial charge in [0, 0.05) is 18.3 Å². The number of carbonyl (C=O) groups is 1. The predicted octanol–water partition coefficient (Wildman–Crippen LogP) is 1.66. The molecular formula is C13H19N3O3. The fourth-order valence-electron chi connectivity index (χ4n) is 1.95. The molecule has 1 amide bonds. The largest absolute Gasteiger partial charge is 0.443 e. The Bertz CT molecular complexity index is 483. The van der Waals surface area contributed by atoms with Gasteiger partial charge in [0.05, 0.1) is 0 Å². The summed E-state index contributed by atoms with van der Waals surface area (Å²) in [6.07, 6.45) is 2.95. The maximum atomic E-state index is 12.2. The molecule has 104 valence electrons. The number of aliphatic hydroxyl groups is 1. The molecule has 0 fully saturated rings. The first kappa shape index (κ1) is 13.7. The molecule has 0 aromatic carbocycles. The number of nitrogens with zero attached hydrogens (tertiary/aromatic N) is 3. The highest BCUT2D eigenvalue weighted by molar-refractivity contribution is 5.88. The molecule has 1 aliphatic rings. The quantitative estimate of drug-likeness (QED) is 0.835. The van der Waals surface area contributed by atoms with E-state index in [0.717, 1.165) is 18.4 Å². The lowest BCUT2D eigenvalue weighted by molar-refractivity contribution is 0.0576. The number of hydrogen-bond acceptors (Lipinski definition) is 5. The first-order chi connectivity index (χ1) is 8.90. The maximum Gasteiger partial charge on any atom is 0.416 e. The average Bonchev–Trinajstić information content (AvgIpc) is 2.35. The van der Waals surface area contributed by atoms with Gasteiger partial charge in [0.1, 0.15) is 18.0 Å². The van der Waals surface area contributed by atoms with Crippen molar-refractivity contribution in [2.45, 2.75) is 45.8 Å². The van der Waals surface area contributed by atoms with E-state index in [2.05, 4.69) is 9.97 Å². The first-order valence-electron chi connectivity index (χ1n) is 6.37. The molecule has 0 aliphatic carbocycles. The second-order valence-corrected chi connectivity index (χ2v) is 5.53. The van der Waals surface area contributed by atoms with Crippen molar-refractivity contribution < 1.29 is 14.6 Å². The minimum absolute atomic E-state index is 0.241. The van der Waals surface area contributed by atoms with Crippen LogP contribution in [0.3, 0.4) is 0 Å². The van der Waals surface area contributed by atoms with Gasteiger partial charge >= 0.3 is 6.09 Å². The van der Waals surface area contributed by atoms with Crippen LogP contribution in [0.2, 0.25) is 0 Å². The Morgan fingerprint density at radius 2 is 2.26 bits per heavy atom. The summed E-state index contributed by atoms with van der Waals surface area (Å²) in [5.41, 5.74) is 0.371. The highest BCUT2D eigenvalue weighted by atomic mass is 16.6. The second kappa shape index (κ2) is 5.13. The van der Waals surface area contributed by atoms with E-state index < -0.39 is 11.7 Å². The number of aliphatic hydroxyl groups excluding tert-OH is 1. The van der Waals surface area contributed by atoms with Gasteiger partial charge in [0.2, 0.25) is 0 Å². The van der Waals surface area contributed by atoms with E-state index >= 15 is 0 Å². The topological polar surface area (TPSA) is 75.5 Å². The number of rotatable bonds is 1. The van der Waals surface area contributed by atoms with Gasteiger partial charge in [-0.25, -0.2) is 14.8 Å². The van der Waals surface area contributed by atoms with Crippen LogP contribution in [0.5, 0.6) is 0 Å². The van der Waals surface area contributed by atoms with Crippen LogP contribution in [-0.2, 0) is 17.8 Å². The molecule has 1 aromatic rings. The molecule has 19 heavy (non-hydrogen) atoms. The number of amides is 1. The number of anilines is 1. The van der Waals surface area contributed by atoms with Gasteiger partial charge in [-0.1, -0.05) is 0 Å². The van der Waals surface area contributed by atoms with Crippen LogP contribution < -0.4 is 4.90 Å². The number of aryl methyl sites for hydroxylation is 1. The lowest BCUT2D eigenvalue weighted by Gasteiger charge is -2.30. The Labute approximate surface area is 112 Å². The molecule has 0 saturated heterocycles. The molecule has 0 unspecified atom stereocenters. The highest BCUT2D eigenvalue weighted by Gasteiger charge is 2.28. The fraction of sp³-hybridized carbons (Fsp3) is 0.615. The maximum absolute atomic E-state index is 12.2. The van der Waals surface area contributed by atoms with Crippen molar-refractivity contribution in [3.05, 3.63) is 17.6 Å². The monoisotopic (exact) mass is 265 g/mol. The molecule has 0 spiro atoms. The van der Waals surface area contributed by atoms with Crippen LogP contribution in [0.25, 0.3) is 0 Å². The minimum atomic E-state index is -0.540. The van der Waals surface area contributed by atoms with Crippen molar-refractivity contribution in [1.82, 2.24) is 9.97 Å². The SMILES string of the molecule is CC(C)(C)OC(=O)N1CCCc2cnc(CO)nc21. The summed E-state index contributed by atoms with van der Waals surface area (Å²) in [6.45, 7) is 5.82. The summed E-state index contributed by atoms with van der Waals surface area (Å²) in [6, 6.07) is 0. The zero-order valence-electron chi connectivity index (χ0n) is 11.5. The van der Waals surface area contributed by atoms with Gasteiger partial charge in [-0.2, -0.15) is 0 Å². The summed E-state index contributed by atoms with van der Waals surface area (Å²) in [5.74, 6) is 0.869. The molecule has 0 bridgehead atoms. The van der Waals surface area contributed by atoms with Crippen molar-refractivity contribution in [1.29, 1.82) is 0 Å². The van der Waals surface area contributed by atoms with Gasteiger partial charge in [0.15, 0.2) is 5.82 Å². The third kappa shape index (κ3) is 3.20. The van der Waals surface area contributed by atoms with Crippen molar-refractivity contribution in [2.24, 2.45) is 0 Å².